The Labute approximate surface area is 156 Å². The second-order valence-corrected chi connectivity index (χ2v) is 9.05. The summed E-state index contributed by atoms with van der Waals surface area (Å²) in [5.41, 5.74) is 5.43. The number of rotatable bonds is 1. The maximum Gasteiger partial charge on any atom is 0.301 e. The molecule has 10 heteroatoms. The number of hydrazine groups is 1. The summed E-state index contributed by atoms with van der Waals surface area (Å²) in [4.78, 5) is 0. The number of halogens is 6. The van der Waals surface area contributed by atoms with Gasteiger partial charge in [0, 0.05) is 11.1 Å². The molecule has 22 heavy (non-hydrogen) atoms. The molecule has 2 heterocycles. The summed E-state index contributed by atoms with van der Waals surface area (Å²) < 4.78 is 1.71. The molecule has 0 saturated heterocycles. The Kier molecular flexibility index (Phi) is 4.30. The second-order valence-electron chi connectivity index (χ2n) is 4.54. The van der Waals surface area contributed by atoms with Gasteiger partial charge in [-0.05, 0) is 12.1 Å². The molecular formula is C12H7Cl6N3O. The van der Waals surface area contributed by atoms with E-state index in [-0.39, 0.29) is 5.71 Å². The van der Waals surface area contributed by atoms with Crippen LogP contribution in [0.4, 0.5) is 0 Å². The van der Waals surface area contributed by atoms with E-state index in [1.165, 1.54) is 0 Å². The molecule has 0 bridgehead atoms. The van der Waals surface area contributed by atoms with Gasteiger partial charge in [-0.15, -0.1) is 0 Å². The van der Waals surface area contributed by atoms with Crippen LogP contribution in [0.5, 0.6) is 5.75 Å². The minimum absolute atomic E-state index is 0.112. The Morgan fingerprint density at radius 2 is 1.86 bits per heavy atom. The van der Waals surface area contributed by atoms with Crippen LogP contribution < -0.4 is 10.2 Å². The van der Waals surface area contributed by atoms with Crippen LogP contribution in [0.25, 0.3) is 5.70 Å². The van der Waals surface area contributed by atoms with Crippen molar-refractivity contribution in [2.75, 3.05) is 0 Å². The third kappa shape index (κ3) is 3.32. The van der Waals surface area contributed by atoms with Gasteiger partial charge in [0.1, 0.15) is 18.1 Å². The zero-order chi connectivity index (χ0) is 16.1. The molecule has 1 N–H and O–H groups in total. The highest BCUT2D eigenvalue weighted by molar-refractivity contribution is 6.77. The summed E-state index contributed by atoms with van der Waals surface area (Å²) >= 11 is 35.2. The SMILES string of the molecule is ClC(Cl)(Cl)C1=NN(C(Cl)(Cl)Cl)NC(c2ccc3c(c2)OC3)=C1. The predicted octanol–water partition coefficient (Wildman–Crippen LogP) is 4.79. The van der Waals surface area contributed by atoms with E-state index in [1.54, 1.807) is 6.08 Å². The summed E-state index contributed by atoms with van der Waals surface area (Å²) in [6, 6.07) is 5.67. The molecule has 0 unspecified atom stereocenters. The van der Waals surface area contributed by atoms with Gasteiger partial charge in [0.15, 0.2) is 0 Å². The number of nitrogens with one attached hydrogen (secondary N) is 1. The molecule has 0 amide bonds. The number of ether oxygens (including phenoxy) is 1. The van der Waals surface area contributed by atoms with E-state index in [9.17, 15) is 0 Å². The molecule has 0 saturated carbocycles. The highest BCUT2D eigenvalue weighted by atomic mass is 35.6. The zero-order valence-electron chi connectivity index (χ0n) is 10.6. The normalized spacial score (nSPS) is 17.6. The molecule has 0 fully saturated rings. The van der Waals surface area contributed by atoms with Crippen molar-refractivity contribution in [2.45, 2.75) is 14.3 Å². The molecule has 2 aliphatic heterocycles. The fraction of sp³-hybridized carbons (Fsp3) is 0.250. The molecule has 1 aromatic rings. The molecule has 3 rings (SSSR count). The number of hydrogen-bond acceptors (Lipinski definition) is 4. The average molecular weight is 422 g/mol. The number of hydrazone groups is 1. The first-order chi connectivity index (χ1) is 10.1. The van der Waals surface area contributed by atoms with E-state index in [2.05, 4.69) is 10.5 Å². The van der Waals surface area contributed by atoms with E-state index >= 15 is 0 Å². The van der Waals surface area contributed by atoms with Gasteiger partial charge in [-0.3, -0.25) is 5.43 Å². The number of fused-ring (bicyclic) bond motifs is 1. The van der Waals surface area contributed by atoms with Crippen LogP contribution in [0.1, 0.15) is 11.1 Å². The summed E-state index contributed by atoms with van der Waals surface area (Å²) in [6.07, 6.45) is 1.57. The highest BCUT2D eigenvalue weighted by Gasteiger charge is 2.37. The van der Waals surface area contributed by atoms with E-state index in [0.29, 0.717) is 12.3 Å². The number of benzene rings is 1. The average Bonchev–Trinajstić information content (AvgIpc) is 2.38. The monoisotopic (exact) mass is 419 g/mol. The quantitative estimate of drug-likeness (QED) is 0.523. The third-order valence-corrected chi connectivity index (χ3v) is 4.07. The van der Waals surface area contributed by atoms with Crippen molar-refractivity contribution < 1.29 is 4.74 Å². The van der Waals surface area contributed by atoms with Gasteiger partial charge in [0.05, 0.1) is 5.70 Å². The molecule has 0 radical (unpaired) electrons. The van der Waals surface area contributed by atoms with E-state index in [1.807, 2.05) is 18.2 Å². The molecule has 0 spiro atoms. The molecule has 2 aliphatic rings. The van der Waals surface area contributed by atoms with Crippen molar-refractivity contribution in [3.8, 4) is 5.75 Å². The Morgan fingerprint density at radius 1 is 1.14 bits per heavy atom. The molecule has 118 valence electrons. The fourth-order valence-electron chi connectivity index (χ4n) is 1.90. The van der Waals surface area contributed by atoms with Crippen LogP contribution in [0.15, 0.2) is 29.4 Å². The third-order valence-electron chi connectivity index (χ3n) is 3.01. The predicted molar refractivity (Wildman–Crippen MR) is 91.7 cm³/mol. The Morgan fingerprint density at radius 3 is 2.36 bits per heavy atom. The largest absolute Gasteiger partial charge is 0.488 e. The van der Waals surface area contributed by atoms with Crippen molar-refractivity contribution in [3.05, 3.63) is 35.4 Å². The molecule has 0 aromatic heterocycles. The van der Waals surface area contributed by atoms with Crippen molar-refractivity contribution in [3.63, 3.8) is 0 Å². The van der Waals surface area contributed by atoms with E-state index < -0.39 is 7.71 Å². The highest BCUT2D eigenvalue weighted by Crippen LogP contribution is 2.38. The minimum Gasteiger partial charge on any atom is -0.488 e. The maximum atomic E-state index is 5.89. The first-order valence-corrected chi connectivity index (χ1v) is 8.18. The first-order valence-electron chi connectivity index (χ1n) is 5.92. The van der Waals surface area contributed by atoms with Gasteiger partial charge in [-0.2, -0.15) is 10.2 Å². The lowest BCUT2D eigenvalue weighted by atomic mass is 10.0. The molecular weight excluding hydrogens is 415 g/mol. The molecule has 0 aliphatic carbocycles. The van der Waals surface area contributed by atoms with Gasteiger partial charge >= 0.3 is 3.92 Å². The zero-order valence-corrected chi connectivity index (χ0v) is 15.1. The number of allylic oxidation sites excluding steroid dienone is 1. The Hall–Kier alpha value is -0.230. The van der Waals surface area contributed by atoms with Gasteiger partial charge < -0.3 is 4.74 Å². The number of nitrogens with zero attached hydrogens (tertiary/aromatic N) is 2. The number of hydrogen-bond donors (Lipinski definition) is 1. The summed E-state index contributed by atoms with van der Waals surface area (Å²) in [5.74, 6) is 0.790. The van der Waals surface area contributed by atoms with Gasteiger partial charge in [-0.1, -0.05) is 81.7 Å². The molecule has 4 nitrogen and oxygen atoms in total. The van der Waals surface area contributed by atoms with Gasteiger partial charge in [-0.25, -0.2) is 0 Å². The topological polar surface area (TPSA) is 36.9 Å². The summed E-state index contributed by atoms with van der Waals surface area (Å²) in [5, 5.41) is 4.98. The lowest BCUT2D eigenvalue weighted by Crippen LogP contribution is -2.45. The van der Waals surface area contributed by atoms with Crippen LogP contribution in [0.3, 0.4) is 0 Å². The first kappa shape index (κ1) is 16.6. The van der Waals surface area contributed by atoms with Crippen molar-refractivity contribution in [2.24, 2.45) is 5.10 Å². The molecule has 0 atom stereocenters. The second kappa shape index (κ2) is 5.69. The lowest BCUT2D eigenvalue weighted by Gasteiger charge is -2.33. The van der Waals surface area contributed by atoms with E-state index in [0.717, 1.165) is 22.0 Å². The van der Waals surface area contributed by atoms with Crippen molar-refractivity contribution in [1.29, 1.82) is 0 Å². The van der Waals surface area contributed by atoms with Crippen LogP contribution in [0.2, 0.25) is 0 Å². The van der Waals surface area contributed by atoms with Gasteiger partial charge in [0.2, 0.25) is 3.79 Å². The maximum absolute atomic E-state index is 5.89. The lowest BCUT2D eigenvalue weighted by molar-refractivity contribution is 0.235. The van der Waals surface area contributed by atoms with Crippen LogP contribution in [-0.4, -0.2) is 18.5 Å². The summed E-state index contributed by atoms with van der Waals surface area (Å²) in [6.45, 7) is 0.600. The summed E-state index contributed by atoms with van der Waals surface area (Å²) in [7, 11) is 0. The molecule has 1 aromatic carbocycles. The van der Waals surface area contributed by atoms with Crippen molar-refractivity contribution in [1.82, 2.24) is 10.5 Å². The van der Waals surface area contributed by atoms with Crippen LogP contribution >= 0.6 is 69.6 Å². The number of alkyl halides is 6. The van der Waals surface area contributed by atoms with Crippen molar-refractivity contribution >= 4 is 81.0 Å². The van der Waals surface area contributed by atoms with Gasteiger partial charge in [0.25, 0.3) is 0 Å². The Bertz CT molecular complexity index is 676. The van der Waals surface area contributed by atoms with E-state index in [4.69, 9.17) is 74.3 Å². The van der Waals surface area contributed by atoms with Crippen LogP contribution in [-0.2, 0) is 6.61 Å². The fourth-order valence-corrected chi connectivity index (χ4v) is 2.42. The Balaban J connectivity index is 2.01. The van der Waals surface area contributed by atoms with Crippen LogP contribution in [0, 0.1) is 0 Å². The smallest absolute Gasteiger partial charge is 0.301 e. The standard InChI is InChI=1S/C12H7Cl6N3O/c13-11(14,15)10-4-8(19-21(20-10)12(16,17)18)6-1-2-7-5-22-9(7)3-6/h1-4,19H,5H2. The minimum atomic E-state index is -1.86.